The number of imide groups is 1. The Morgan fingerprint density at radius 2 is 1.89 bits per heavy atom. The fourth-order valence-electron chi connectivity index (χ4n) is 5.00. The normalized spacial score (nSPS) is 17.6. The molecule has 4 amide bonds. The van der Waals surface area contributed by atoms with Crippen molar-refractivity contribution in [3.8, 4) is 0 Å². The zero-order valence-corrected chi connectivity index (χ0v) is 22.7. The summed E-state index contributed by atoms with van der Waals surface area (Å²) in [7, 11) is 3.37. The summed E-state index contributed by atoms with van der Waals surface area (Å²) in [6.45, 7) is 7.84. The number of benzene rings is 1. The molecule has 38 heavy (non-hydrogen) atoms. The minimum Gasteiger partial charge on any atom is -0.384 e. The first-order valence-electron chi connectivity index (χ1n) is 12.7. The lowest BCUT2D eigenvalue weighted by Gasteiger charge is -2.45. The van der Waals surface area contributed by atoms with Crippen LogP contribution in [-0.2, 0) is 23.1 Å². The van der Waals surface area contributed by atoms with Gasteiger partial charge in [-0.15, -0.1) is 0 Å². The number of carbonyl (C=O) groups excluding carboxylic acids is 3. The quantitative estimate of drug-likeness (QED) is 0.464. The van der Waals surface area contributed by atoms with E-state index in [1.54, 1.807) is 37.1 Å². The summed E-state index contributed by atoms with van der Waals surface area (Å²) in [6.07, 6.45) is 4.20. The topological polar surface area (TPSA) is 126 Å². The summed E-state index contributed by atoms with van der Waals surface area (Å²) >= 11 is 0. The van der Waals surface area contributed by atoms with Crippen molar-refractivity contribution in [3.05, 3.63) is 70.7 Å². The number of β-lactam (4-membered cyclic amide) rings is 1. The van der Waals surface area contributed by atoms with Crippen molar-refractivity contribution in [3.63, 3.8) is 0 Å². The Labute approximate surface area is 222 Å². The van der Waals surface area contributed by atoms with E-state index in [0.717, 1.165) is 27.2 Å². The number of likely N-dealkylation sites (N-methyl/N-ethyl adjacent to an activating group) is 1. The van der Waals surface area contributed by atoms with E-state index >= 15 is 0 Å². The summed E-state index contributed by atoms with van der Waals surface area (Å²) in [6, 6.07) is 7.68. The van der Waals surface area contributed by atoms with Crippen LogP contribution in [0, 0.1) is 26.7 Å². The van der Waals surface area contributed by atoms with Gasteiger partial charge < -0.3 is 15.6 Å². The minimum atomic E-state index is -0.990. The minimum absolute atomic E-state index is 0.259. The Balaban J connectivity index is 1.62. The average Bonchev–Trinajstić information content (AvgIpc) is 3.30. The molecule has 0 aliphatic carbocycles. The molecule has 1 aliphatic heterocycles. The summed E-state index contributed by atoms with van der Waals surface area (Å²) in [5, 5.41) is 2.98. The third-order valence-corrected chi connectivity index (χ3v) is 7.24. The van der Waals surface area contributed by atoms with E-state index in [1.165, 1.54) is 4.90 Å². The number of pyridine rings is 1. The van der Waals surface area contributed by atoms with E-state index in [2.05, 4.69) is 15.3 Å². The highest BCUT2D eigenvalue weighted by atomic mass is 16.2. The number of nitrogens with zero attached hydrogens (tertiary/aromatic N) is 5. The highest BCUT2D eigenvalue weighted by Gasteiger charge is 2.55. The molecule has 4 rings (SSSR count). The van der Waals surface area contributed by atoms with Crippen molar-refractivity contribution < 1.29 is 14.4 Å². The smallest absolute Gasteiger partial charge is 0.325 e. The van der Waals surface area contributed by atoms with E-state index in [0.29, 0.717) is 23.9 Å². The summed E-state index contributed by atoms with van der Waals surface area (Å²) in [5.41, 5.74) is 10.6. The number of carbonyl (C=O) groups is 3. The van der Waals surface area contributed by atoms with Crippen LogP contribution in [-0.4, -0.2) is 50.4 Å². The maximum atomic E-state index is 13.7. The van der Waals surface area contributed by atoms with Gasteiger partial charge >= 0.3 is 6.03 Å². The first-order valence-corrected chi connectivity index (χ1v) is 12.7. The van der Waals surface area contributed by atoms with Gasteiger partial charge in [0, 0.05) is 32.2 Å². The van der Waals surface area contributed by atoms with Crippen LogP contribution in [0.3, 0.4) is 0 Å². The number of anilines is 2. The predicted molar refractivity (Wildman–Crippen MR) is 145 cm³/mol. The molecule has 10 heteroatoms. The Morgan fingerprint density at radius 3 is 2.50 bits per heavy atom. The number of nitrogen functional groups attached to an aromatic ring is 1. The number of hydrogen-bond donors (Lipinski definition) is 2. The van der Waals surface area contributed by atoms with Gasteiger partial charge in [0.25, 0.3) is 5.91 Å². The number of aromatic nitrogens is 3. The number of aryl methyl sites for hydroxylation is 4. The van der Waals surface area contributed by atoms with Gasteiger partial charge in [0.15, 0.2) is 0 Å². The fraction of sp³-hybridized carbons (Fsp3) is 0.393. The first kappa shape index (κ1) is 26.8. The van der Waals surface area contributed by atoms with Gasteiger partial charge in [-0.05, 0) is 68.0 Å². The van der Waals surface area contributed by atoms with Gasteiger partial charge in [0.05, 0.1) is 12.0 Å². The van der Waals surface area contributed by atoms with Gasteiger partial charge in [-0.25, -0.2) is 14.8 Å². The molecule has 1 fully saturated rings. The largest absolute Gasteiger partial charge is 0.384 e. The molecular formula is C28H35N7O3. The molecule has 3 aromatic rings. The Kier molecular flexibility index (Phi) is 7.52. The molecule has 0 radical (unpaired) electrons. The molecule has 0 spiro atoms. The standard InChI is InChI=1S/C28H35N7O3/c1-7-22(20-9-8-16(2)17(3)12-20)32-28(38)35-24(26(37)34(6)27-30-10-11-33(27)5)21(25(35)36)14-19-13-18(4)31-23(29)15-19/h8-13,15,21-22,24H,7,14H2,1-6H3,(H2,29,31)(H,32,38)/t21-,22-,24+/m1/s1. The molecule has 0 unspecified atom stereocenters. The van der Waals surface area contributed by atoms with Crippen molar-refractivity contribution in [2.75, 3.05) is 17.7 Å². The second-order valence-corrected chi connectivity index (χ2v) is 9.99. The maximum Gasteiger partial charge on any atom is 0.325 e. The fourth-order valence-corrected chi connectivity index (χ4v) is 5.00. The van der Waals surface area contributed by atoms with Crippen LogP contribution < -0.4 is 16.0 Å². The molecule has 1 aliphatic rings. The summed E-state index contributed by atoms with van der Waals surface area (Å²) in [5.74, 6) is -0.763. The van der Waals surface area contributed by atoms with Crippen molar-refractivity contribution in [1.82, 2.24) is 24.8 Å². The molecule has 0 bridgehead atoms. The van der Waals surface area contributed by atoms with Crippen LogP contribution in [0.15, 0.2) is 42.7 Å². The molecule has 200 valence electrons. The molecular weight excluding hydrogens is 482 g/mol. The van der Waals surface area contributed by atoms with Crippen LogP contribution in [0.4, 0.5) is 16.6 Å². The zero-order chi connectivity index (χ0) is 27.7. The zero-order valence-electron chi connectivity index (χ0n) is 22.7. The van der Waals surface area contributed by atoms with Crippen LogP contribution in [0.25, 0.3) is 0 Å². The Bertz CT molecular complexity index is 1360. The lowest BCUT2D eigenvalue weighted by Crippen LogP contribution is -2.70. The highest BCUT2D eigenvalue weighted by Crippen LogP contribution is 2.33. The predicted octanol–water partition coefficient (Wildman–Crippen LogP) is 3.22. The number of likely N-dealkylation sites (tertiary alicyclic amines) is 1. The van der Waals surface area contributed by atoms with E-state index in [-0.39, 0.29) is 12.5 Å². The Hall–Kier alpha value is -4.21. The maximum absolute atomic E-state index is 13.7. The van der Waals surface area contributed by atoms with Gasteiger partial charge in [-0.3, -0.25) is 19.4 Å². The molecule has 3 heterocycles. The molecule has 1 saturated heterocycles. The second-order valence-electron chi connectivity index (χ2n) is 9.99. The van der Waals surface area contributed by atoms with Crippen LogP contribution in [0.1, 0.15) is 47.3 Å². The number of imidazole rings is 1. The van der Waals surface area contributed by atoms with Crippen molar-refractivity contribution in [2.45, 2.75) is 52.6 Å². The van der Waals surface area contributed by atoms with Crippen LogP contribution in [0.2, 0.25) is 0 Å². The Morgan fingerprint density at radius 1 is 1.16 bits per heavy atom. The van der Waals surface area contributed by atoms with E-state index in [4.69, 9.17) is 5.73 Å². The number of hydrogen-bond acceptors (Lipinski definition) is 6. The van der Waals surface area contributed by atoms with E-state index in [9.17, 15) is 14.4 Å². The summed E-state index contributed by atoms with van der Waals surface area (Å²) < 4.78 is 1.71. The van der Waals surface area contributed by atoms with Crippen LogP contribution >= 0.6 is 0 Å². The monoisotopic (exact) mass is 517 g/mol. The molecule has 1 aromatic carbocycles. The number of rotatable bonds is 7. The third-order valence-electron chi connectivity index (χ3n) is 7.24. The van der Waals surface area contributed by atoms with Gasteiger partial charge in [-0.1, -0.05) is 25.1 Å². The molecule has 3 atom stereocenters. The van der Waals surface area contributed by atoms with Crippen LogP contribution in [0.5, 0.6) is 0 Å². The van der Waals surface area contributed by atoms with Gasteiger partial charge in [-0.2, -0.15) is 0 Å². The van der Waals surface area contributed by atoms with Gasteiger partial charge in [0.2, 0.25) is 11.9 Å². The first-order chi connectivity index (χ1) is 18.0. The second kappa shape index (κ2) is 10.6. The number of urea groups is 1. The number of amides is 4. The lowest BCUT2D eigenvalue weighted by atomic mass is 9.81. The van der Waals surface area contributed by atoms with E-state index < -0.39 is 29.8 Å². The third kappa shape index (κ3) is 5.11. The summed E-state index contributed by atoms with van der Waals surface area (Å²) in [4.78, 5) is 51.5. The lowest BCUT2D eigenvalue weighted by molar-refractivity contribution is -0.156. The average molecular weight is 518 g/mol. The molecule has 2 aromatic heterocycles. The molecule has 10 nitrogen and oxygen atoms in total. The number of nitrogens with one attached hydrogen (secondary N) is 1. The SMILES string of the molecule is CC[C@@H](NC(=O)N1C(=O)[C@H](Cc2cc(C)nc(N)c2)[C@H]1C(=O)N(C)c1nccn1C)c1ccc(C)c(C)c1. The number of nitrogens with two attached hydrogens (primary N) is 1. The van der Waals surface area contributed by atoms with E-state index in [1.807, 2.05) is 52.0 Å². The molecule has 3 N–H and O–H groups in total. The molecule has 0 saturated carbocycles. The van der Waals surface area contributed by atoms with Crippen molar-refractivity contribution >= 4 is 29.6 Å². The highest BCUT2D eigenvalue weighted by molar-refractivity contribution is 6.12. The van der Waals surface area contributed by atoms with Crippen molar-refractivity contribution in [1.29, 1.82) is 0 Å². The van der Waals surface area contributed by atoms with Crippen molar-refractivity contribution in [2.24, 2.45) is 13.0 Å². The van der Waals surface area contributed by atoms with Gasteiger partial charge in [0.1, 0.15) is 11.9 Å².